The van der Waals surface area contributed by atoms with Gasteiger partial charge in [0.15, 0.2) is 5.96 Å². The van der Waals surface area contributed by atoms with E-state index in [0.717, 1.165) is 4.90 Å². The molecule has 72 heavy (non-hydrogen) atoms. The highest BCUT2D eigenvalue weighted by molar-refractivity contribution is 5.98. The second-order valence-electron chi connectivity index (χ2n) is 16.9. The first-order valence-electron chi connectivity index (χ1n) is 22.7. The molecule has 1 heterocycles. The van der Waals surface area contributed by atoms with Gasteiger partial charge in [-0.3, -0.25) is 72.4 Å². The number of nitrogens with zero attached hydrogens (tertiary/aromatic N) is 4. The first-order chi connectivity index (χ1) is 33.9. The molecule has 1 aromatic carbocycles. The molecule has 0 unspecified atom stereocenters. The summed E-state index contributed by atoms with van der Waals surface area (Å²) in [5, 5.41) is 61.5. The Balaban J connectivity index is 2.11. The van der Waals surface area contributed by atoms with Gasteiger partial charge in [-0.25, -0.2) is 0 Å². The second kappa shape index (κ2) is 31.5. The Morgan fingerprint density at radius 1 is 0.667 bits per heavy atom. The van der Waals surface area contributed by atoms with Crippen LogP contribution >= 0.6 is 0 Å². The Morgan fingerprint density at radius 2 is 1.19 bits per heavy atom. The molecule has 15 N–H and O–H groups in total. The monoisotopic (exact) mass is 1020 g/mol. The summed E-state index contributed by atoms with van der Waals surface area (Å²) in [6.07, 6.45) is -0.528. The summed E-state index contributed by atoms with van der Waals surface area (Å²) in [5.74, 6) is -11.8. The van der Waals surface area contributed by atoms with Crippen molar-refractivity contribution in [3.63, 3.8) is 0 Å². The molecule has 0 aliphatic carbocycles. The molecule has 400 valence electrons. The smallest absolute Gasteiger partial charge is 0.317 e. The van der Waals surface area contributed by atoms with Gasteiger partial charge in [0.1, 0.15) is 29.9 Å². The van der Waals surface area contributed by atoms with Crippen LogP contribution < -0.4 is 48.1 Å². The average Bonchev–Trinajstić information content (AvgIpc) is 3.27. The van der Waals surface area contributed by atoms with Crippen LogP contribution in [-0.2, 0) is 59.2 Å². The van der Waals surface area contributed by atoms with Crippen molar-refractivity contribution < 1.29 is 83.0 Å². The molecule has 1 saturated heterocycles. The van der Waals surface area contributed by atoms with Crippen LogP contribution in [0.4, 0.5) is 0 Å². The van der Waals surface area contributed by atoms with Crippen molar-refractivity contribution in [2.75, 3.05) is 85.1 Å². The Morgan fingerprint density at radius 3 is 1.74 bits per heavy atom. The van der Waals surface area contributed by atoms with Crippen molar-refractivity contribution in [3.8, 4) is 5.75 Å². The summed E-state index contributed by atoms with van der Waals surface area (Å²) >= 11 is 0. The number of benzene rings is 1. The van der Waals surface area contributed by atoms with Gasteiger partial charge >= 0.3 is 29.8 Å². The van der Waals surface area contributed by atoms with E-state index < -0.39 is 135 Å². The third kappa shape index (κ3) is 25.3. The summed E-state index contributed by atoms with van der Waals surface area (Å²) in [5.41, 5.74) is 11.2. The molecule has 0 spiro atoms. The van der Waals surface area contributed by atoms with E-state index in [1.165, 1.54) is 9.80 Å². The van der Waals surface area contributed by atoms with Crippen LogP contribution in [0, 0.1) is 5.92 Å². The number of amides is 6. The van der Waals surface area contributed by atoms with Crippen molar-refractivity contribution >= 4 is 71.2 Å². The number of carbonyl (C=O) groups is 11. The van der Waals surface area contributed by atoms with Crippen LogP contribution in [0.5, 0.6) is 5.75 Å². The van der Waals surface area contributed by atoms with Crippen LogP contribution in [0.2, 0.25) is 0 Å². The number of hydrogen-bond donors (Lipinski definition) is 13. The van der Waals surface area contributed by atoms with Crippen LogP contribution in [0.3, 0.4) is 0 Å². The number of rotatable bonds is 30. The molecule has 1 aliphatic rings. The standard InChI is InChI=1S/C43H66N12O17/c1-25(2)38-42(71)50-28(5-3-10-47-43(44)45)39(68)48-19-31(56)49-30(18-33(58)59)40(69)51-29(41(70)52-38)17-26-6-8-27(9-7-26)72-16-4-11-46-32(57)20-54(22-35(62)63)14-12-53(21-34(60)61)13-15-55(23-36(64)65)24-37(66)67/h6-9,25,28-30,38H,3-5,10-24H2,1-2H3,(H,46,57)(H,48,68)(H,49,56)(H,50,71)(H,51,69)(H,52,70)(H,58,59)(H,60,61)(H,62,63)(H,64,65)(H,66,67)(H4,44,45,47)/t28-,29+,30-,38-/m0/s1. The molecule has 0 saturated carbocycles. The molecule has 29 nitrogen and oxygen atoms in total. The quantitative estimate of drug-likeness (QED) is 0.0194. The molecular weight excluding hydrogens is 957 g/mol. The number of hydrogen-bond acceptors (Lipinski definition) is 16. The zero-order chi connectivity index (χ0) is 53.9. The van der Waals surface area contributed by atoms with E-state index in [1.807, 2.05) is 0 Å². The van der Waals surface area contributed by atoms with Crippen molar-refractivity contribution in [3.05, 3.63) is 29.8 Å². The number of carbonyl (C=O) groups excluding carboxylic acids is 6. The number of ether oxygens (including phenoxy) is 1. The molecule has 1 aliphatic heterocycles. The minimum Gasteiger partial charge on any atom is -0.494 e. The SMILES string of the molecule is CC(C)[C@@H]1NC(=O)[C@@H](Cc2ccc(OCCCNC(=O)CN(CCN(CCN(CC(=O)O)CC(=O)O)CC(=O)O)CC(=O)O)cc2)NC(=O)[C@H](CC(=O)O)NC(=O)CNC(=O)[C@H](CCCN=C(N)N)NC1=O. The van der Waals surface area contributed by atoms with Crippen molar-refractivity contribution in [1.29, 1.82) is 0 Å². The van der Waals surface area contributed by atoms with Gasteiger partial charge in [-0.2, -0.15) is 0 Å². The average molecular weight is 1020 g/mol. The molecule has 0 bridgehead atoms. The van der Waals surface area contributed by atoms with E-state index in [4.69, 9.17) is 26.4 Å². The van der Waals surface area contributed by atoms with Crippen molar-refractivity contribution in [2.24, 2.45) is 22.4 Å². The fraction of sp³-hybridized carbons (Fsp3) is 0.581. The maximum atomic E-state index is 13.9. The molecule has 0 radical (unpaired) electrons. The van der Waals surface area contributed by atoms with Crippen molar-refractivity contribution in [1.82, 2.24) is 46.6 Å². The summed E-state index contributed by atoms with van der Waals surface area (Å²) in [6, 6.07) is 0.739. The zero-order valence-electron chi connectivity index (χ0n) is 40.0. The maximum Gasteiger partial charge on any atom is 0.317 e. The van der Waals surface area contributed by atoms with Crippen LogP contribution in [0.1, 0.15) is 45.1 Å². The fourth-order valence-corrected chi connectivity index (χ4v) is 6.96. The van der Waals surface area contributed by atoms with Gasteiger partial charge in [0.05, 0.1) is 52.3 Å². The largest absolute Gasteiger partial charge is 0.494 e. The molecule has 29 heteroatoms. The number of aliphatic carboxylic acids is 5. The number of carboxylic acids is 5. The third-order valence-electron chi connectivity index (χ3n) is 10.5. The molecule has 1 fully saturated rings. The third-order valence-corrected chi connectivity index (χ3v) is 10.5. The van der Waals surface area contributed by atoms with Gasteiger partial charge in [0, 0.05) is 45.7 Å². The highest BCUT2D eigenvalue weighted by atomic mass is 16.5. The lowest BCUT2D eigenvalue weighted by molar-refractivity contribution is -0.143. The Bertz CT molecular complexity index is 2070. The van der Waals surface area contributed by atoms with Gasteiger partial charge in [0.2, 0.25) is 35.4 Å². The second-order valence-corrected chi connectivity index (χ2v) is 16.9. The summed E-state index contributed by atoms with van der Waals surface area (Å²) in [4.78, 5) is 145. The lowest BCUT2D eigenvalue weighted by atomic mass is 9.99. The summed E-state index contributed by atoms with van der Waals surface area (Å²) in [6.45, 7) is -0.0748. The number of nitrogens with two attached hydrogens (primary N) is 2. The van der Waals surface area contributed by atoms with Crippen LogP contribution in [0.25, 0.3) is 0 Å². The normalized spacial score (nSPS) is 17.9. The highest BCUT2D eigenvalue weighted by Crippen LogP contribution is 2.15. The Labute approximate surface area is 413 Å². The highest BCUT2D eigenvalue weighted by Gasteiger charge is 2.34. The first kappa shape index (κ1) is 60.5. The molecular formula is C43H66N12O17. The summed E-state index contributed by atoms with van der Waals surface area (Å²) in [7, 11) is 0. The lowest BCUT2D eigenvalue weighted by Crippen LogP contribution is -2.59. The van der Waals surface area contributed by atoms with Crippen molar-refractivity contribution in [2.45, 2.75) is 70.1 Å². The summed E-state index contributed by atoms with van der Waals surface area (Å²) < 4.78 is 5.78. The predicted molar refractivity (Wildman–Crippen MR) is 251 cm³/mol. The van der Waals surface area contributed by atoms with Gasteiger partial charge in [-0.05, 0) is 42.9 Å². The number of guanidine groups is 1. The predicted octanol–water partition coefficient (Wildman–Crippen LogP) is -5.39. The molecule has 4 atom stereocenters. The van der Waals surface area contributed by atoms with E-state index in [0.29, 0.717) is 11.3 Å². The van der Waals surface area contributed by atoms with E-state index in [-0.39, 0.29) is 84.1 Å². The topological polar surface area (TPSA) is 444 Å². The van der Waals surface area contributed by atoms with Gasteiger partial charge in [-0.15, -0.1) is 0 Å². The zero-order valence-corrected chi connectivity index (χ0v) is 40.0. The fourth-order valence-electron chi connectivity index (χ4n) is 6.96. The first-order valence-corrected chi connectivity index (χ1v) is 22.7. The van der Waals surface area contributed by atoms with E-state index in [9.17, 15) is 68.1 Å². The minimum absolute atomic E-state index is 0.0217. The van der Waals surface area contributed by atoms with E-state index in [2.05, 4.69) is 36.9 Å². The van der Waals surface area contributed by atoms with Crippen LogP contribution in [0.15, 0.2) is 29.3 Å². The van der Waals surface area contributed by atoms with Crippen LogP contribution in [-0.4, -0.2) is 221 Å². The lowest BCUT2D eigenvalue weighted by Gasteiger charge is -2.27. The van der Waals surface area contributed by atoms with Gasteiger partial charge < -0.3 is 73.6 Å². The molecule has 0 aromatic heterocycles. The molecule has 2 rings (SSSR count). The molecule has 1 aromatic rings. The number of nitrogens with one attached hydrogen (secondary N) is 6. The Hall–Kier alpha value is -7.66. The maximum absolute atomic E-state index is 13.9. The van der Waals surface area contributed by atoms with Gasteiger partial charge in [-0.1, -0.05) is 26.0 Å². The van der Waals surface area contributed by atoms with Gasteiger partial charge in [0.25, 0.3) is 0 Å². The Kier molecular flexibility index (Phi) is 26.5. The molecule has 6 amide bonds. The number of aliphatic imine (C=N–C) groups is 1. The van der Waals surface area contributed by atoms with E-state index in [1.54, 1.807) is 38.1 Å². The number of carboxylic acid groups (broad SMARTS) is 5. The van der Waals surface area contributed by atoms with E-state index >= 15 is 0 Å². The minimum atomic E-state index is -1.68.